The standard InChI is InChI=1S/C23H48O/c1-17(2)11-19(5)12-20(6)13-22(16-24-18(3)4)14-21(7)15-23(8,9)10/h17-22H,11-16H2,1-10H3. The van der Waals surface area contributed by atoms with E-state index in [0.717, 1.165) is 30.3 Å². The summed E-state index contributed by atoms with van der Waals surface area (Å²) in [6, 6.07) is 0. The van der Waals surface area contributed by atoms with Crippen LogP contribution in [0.15, 0.2) is 0 Å². The predicted molar refractivity (Wildman–Crippen MR) is 109 cm³/mol. The van der Waals surface area contributed by atoms with Crippen LogP contribution in [-0.2, 0) is 4.74 Å². The van der Waals surface area contributed by atoms with Crippen molar-refractivity contribution < 1.29 is 4.74 Å². The van der Waals surface area contributed by atoms with E-state index in [9.17, 15) is 0 Å². The molecule has 0 aromatic rings. The lowest BCUT2D eigenvalue weighted by Crippen LogP contribution is -2.21. The van der Waals surface area contributed by atoms with Gasteiger partial charge in [0.05, 0.1) is 6.10 Å². The van der Waals surface area contributed by atoms with Crippen LogP contribution in [0.1, 0.15) is 101 Å². The van der Waals surface area contributed by atoms with Crippen molar-refractivity contribution in [3.63, 3.8) is 0 Å². The van der Waals surface area contributed by atoms with Crippen LogP contribution in [0.2, 0.25) is 0 Å². The minimum absolute atomic E-state index is 0.348. The third-order valence-corrected chi connectivity index (χ3v) is 4.78. The van der Waals surface area contributed by atoms with Gasteiger partial charge in [-0.15, -0.1) is 0 Å². The second-order valence-electron chi connectivity index (χ2n) is 10.7. The first-order valence-corrected chi connectivity index (χ1v) is 10.5. The summed E-state index contributed by atoms with van der Waals surface area (Å²) < 4.78 is 6.01. The maximum atomic E-state index is 6.01. The quantitative estimate of drug-likeness (QED) is 0.355. The van der Waals surface area contributed by atoms with Gasteiger partial charge in [-0.1, -0.05) is 55.4 Å². The monoisotopic (exact) mass is 340 g/mol. The molecule has 0 amide bonds. The van der Waals surface area contributed by atoms with Crippen molar-refractivity contribution in [2.45, 2.75) is 107 Å². The van der Waals surface area contributed by atoms with Crippen LogP contribution in [0.3, 0.4) is 0 Å². The maximum Gasteiger partial charge on any atom is 0.0519 e. The summed E-state index contributed by atoms with van der Waals surface area (Å²) in [6.07, 6.45) is 7.02. The predicted octanol–water partition coefficient (Wildman–Crippen LogP) is 7.59. The normalized spacial score (nSPS) is 18.0. The Labute approximate surface area is 154 Å². The van der Waals surface area contributed by atoms with E-state index in [-0.39, 0.29) is 0 Å². The number of ether oxygens (including phenoxy) is 1. The molecule has 0 aliphatic rings. The van der Waals surface area contributed by atoms with Crippen molar-refractivity contribution in [2.75, 3.05) is 6.61 Å². The fraction of sp³-hybridized carbons (Fsp3) is 1.00. The Morgan fingerprint density at radius 2 is 1.17 bits per heavy atom. The third kappa shape index (κ3) is 14.3. The zero-order valence-electron chi connectivity index (χ0n) is 18.6. The highest BCUT2D eigenvalue weighted by atomic mass is 16.5. The highest BCUT2D eigenvalue weighted by Gasteiger charge is 2.22. The van der Waals surface area contributed by atoms with Gasteiger partial charge in [0.2, 0.25) is 0 Å². The molecule has 0 aromatic carbocycles. The molecule has 0 N–H and O–H groups in total. The molecule has 4 unspecified atom stereocenters. The van der Waals surface area contributed by atoms with Crippen LogP contribution in [0.5, 0.6) is 0 Å². The molecule has 0 rings (SSSR count). The van der Waals surface area contributed by atoms with Gasteiger partial charge in [0, 0.05) is 6.61 Å². The first-order chi connectivity index (χ1) is 10.9. The van der Waals surface area contributed by atoms with E-state index in [0.29, 0.717) is 17.4 Å². The van der Waals surface area contributed by atoms with Crippen molar-refractivity contribution in [2.24, 2.45) is 35.0 Å². The maximum absolute atomic E-state index is 6.01. The molecular weight excluding hydrogens is 292 g/mol. The SMILES string of the molecule is CC(C)CC(C)CC(C)CC(COC(C)C)CC(C)CC(C)(C)C. The lowest BCUT2D eigenvalue weighted by molar-refractivity contribution is 0.0357. The molecule has 0 saturated carbocycles. The zero-order valence-corrected chi connectivity index (χ0v) is 18.6. The minimum Gasteiger partial charge on any atom is -0.379 e. The Balaban J connectivity index is 4.53. The lowest BCUT2D eigenvalue weighted by atomic mass is 9.79. The van der Waals surface area contributed by atoms with Crippen LogP contribution in [0.4, 0.5) is 0 Å². The van der Waals surface area contributed by atoms with Gasteiger partial charge in [0.1, 0.15) is 0 Å². The second-order valence-corrected chi connectivity index (χ2v) is 10.7. The van der Waals surface area contributed by atoms with Gasteiger partial charge in [-0.25, -0.2) is 0 Å². The van der Waals surface area contributed by atoms with Gasteiger partial charge >= 0.3 is 0 Å². The van der Waals surface area contributed by atoms with Crippen LogP contribution >= 0.6 is 0 Å². The molecule has 0 heterocycles. The molecule has 146 valence electrons. The van der Waals surface area contributed by atoms with E-state index in [2.05, 4.69) is 69.2 Å². The molecule has 24 heavy (non-hydrogen) atoms. The molecule has 0 aliphatic heterocycles. The van der Waals surface area contributed by atoms with Crippen LogP contribution in [-0.4, -0.2) is 12.7 Å². The van der Waals surface area contributed by atoms with Crippen molar-refractivity contribution in [3.05, 3.63) is 0 Å². The third-order valence-electron chi connectivity index (χ3n) is 4.78. The smallest absolute Gasteiger partial charge is 0.0519 e. The molecule has 0 radical (unpaired) electrons. The van der Waals surface area contributed by atoms with Crippen LogP contribution in [0, 0.1) is 35.0 Å². The van der Waals surface area contributed by atoms with E-state index in [1.165, 1.54) is 32.1 Å². The Hall–Kier alpha value is -0.0400. The molecular formula is C23H48O. The Bertz CT molecular complexity index is 300. The molecule has 0 saturated heterocycles. The van der Waals surface area contributed by atoms with Crippen molar-refractivity contribution in [1.29, 1.82) is 0 Å². The average molecular weight is 341 g/mol. The average Bonchev–Trinajstić information content (AvgIpc) is 2.31. The van der Waals surface area contributed by atoms with E-state index in [1.807, 2.05) is 0 Å². The summed E-state index contributed by atoms with van der Waals surface area (Å²) in [5.41, 5.74) is 0.431. The first-order valence-electron chi connectivity index (χ1n) is 10.5. The molecule has 1 nitrogen and oxygen atoms in total. The van der Waals surface area contributed by atoms with Gasteiger partial charge < -0.3 is 4.74 Å². The summed E-state index contributed by atoms with van der Waals surface area (Å²) >= 11 is 0. The molecule has 0 bridgehead atoms. The number of hydrogen-bond donors (Lipinski definition) is 0. The number of rotatable bonds is 12. The van der Waals surface area contributed by atoms with E-state index in [1.54, 1.807) is 0 Å². The fourth-order valence-electron chi connectivity index (χ4n) is 4.51. The van der Waals surface area contributed by atoms with Gasteiger partial charge in [-0.2, -0.15) is 0 Å². The summed E-state index contributed by atoms with van der Waals surface area (Å²) in [4.78, 5) is 0. The molecule has 0 fully saturated rings. The summed E-state index contributed by atoms with van der Waals surface area (Å²) in [6.45, 7) is 24.3. The lowest BCUT2D eigenvalue weighted by Gasteiger charge is -2.29. The zero-order chi connectivity index (χ0) is 18.9. The summed E-state index contributed by atoms with van der Waals surface area (Å²) in [5, 5.41) is 0. The van der Waals surface area contributed by atoms with Crippen LogP contribution < -0.4 is 0 Å². The van der Waals surface area contributed by atoms with Gasteiger partial charge in [0.25, 0.3) is 0 Å². The van der Waals surface area contributed by atoms with Gasteiger partial charge in [0.15, 0.2) is 0 Å². The van der Waals surface area contributed by atoms with E-state index in [4.69, 9.17) is 4.74 Å². The Morgan fingerprint density at radius 1 is 0.667 bits per heavy atom. The van der Waals surface area contributed by atoms with Crippen molar-refractivity contribution >= 4 is 0 Å². The van der Waals surface area contributed by atoms with E-state index >= 15 is 0 Å². The highest BCUT2D eigenvalue weighted by Crippen LogP contribution is 2.32. The molecule has 0 aromatic heterocycles. The molecule has 0 aliphatic carbocycles. The number of hydrogen-bond acceptors (Lipinski definition) is 1. The molecule has 4 atom stereocenters. The largest absolute Gasteiger partial charge is 0.379 e. The molecule has 1 heteroatoms. The topological polar surface area (TPSA) is 9.23 Å². The highest BCUT2D eigenvalue weighted by molar-refractivity contribution is 4.73. The van der Waals surface area contributed by atoms with Gasteiger partial charge in [-0.3, -0.25) is 0 Å². The molecule has 0 spiro atoms. The van der Waals surface area contributed by atoms with E-state index < -0.39 is 0 Å². The van der Waals surface area contributed by atoms with Crippen molar-refractivity contribution in [3.8, 4) is 0 Å². The fourth-order valence-corrected chi connectivity index (χ4v) is 4.51. The van der Waals surface area contributed by atoms with Gasteiger partial charge in [-0.05, 0) is 81.0 Å². The van der Waals surface area contributed by atoms with Crippen LogP contribution in [0.25, 0.3) is 0 Å². The second kappa shape index (κ2) is 11.6. The first kappa shape index (κ1) is 24.0. The Morgan fingerprint density at radius 3 is 1.62 bits per heavy atom. The Kier molecular flexibility index (Phi) is 11.5. The summed E-state index contributed by atoms with van der Waals surface area (Å²) in [7, 11) is 0. The summed E-state index contributed by atoms with van der Waals surface area (Å²) in [5.74, 6) is 3.97. The minimum atomic E-state index is 0.348. The van der Waals surface area contributed by atoms with Crippen molar-refractivity contribution in [1.82, 2.24) is 0 Å².